The van der Waals surface area contributed by atoms with Crippen molar-refractivity contribution >= 4 is 56.8 Å². The minimum atomic E-state index is -0.541. The second-order valence-electron chi connectivity index (χ2n) is 6.98. The number of rotatable bonds is 8. The van der Waals surface area contributed by atoms with Gasteiger partial charge in [-0.3, -0.25) is 19.3 Å². The lowest BCUT2D eigenvalue weighted by Crippen LogP contribution is -2.40. The van der Waals surface area contributed by atoms with Crippen LogP contribution >= 0.6 is 27.7 Å². The molecule has 0 spiro atoms. The molecule has 0 radical (unpaired) electrons. The van der Waals surface area contributed by atoms with E-state index in [0.717, 1.165) is 29.5 Å². The molecule has 0 aliphatic carbocycles. The molecular formula is C21H23BrN2O7S. The molecule has 0 unspecified atom stereocenters. The van der Waals surface area contributed by atoms with Gasteiger partial charge >= 0.3 is 5.97 Å². The number of amides is 3. The number of esters is 1. The van der Waals surface area contributed by atoms with Crippen molar-refractivity contribution in [1.82, 2.24) is 9.80 Å². The molecule has 0 N–H and O–H groups in total. The van der Waals surface area contributed by atoms with Crippen LogP contribution in [-0.2, 0) is 19.1 Å². The van der Waals surface area contributed by atoms with E-state index in [9.17, 15) is 19.2 Å². The van der Waals surface area contributed by atoms with E-state index in [1.165, 1.54) is 7.11 Å². The third-order valence-electron chi connectivity index (χ3n) is 4.82. The van der Waals surface area contributed by atoms with E-state index in [2.05, 4.69) is 20.7 Å². The molecule has 0 aromatic heterocycles. The van der Waals surface area contributed by atoms with Crippen molar-refractivity contribution in [1.29, 1.82) is 0 Å². The van der Waals surface area contributed by atoms with Gasteiger partial charge in [-0.15, -0.1) is 0 Å². The van der Waals surface area contributed by atoms with Crippen molar-refractivity contribution in [2.24, 2.45) is 0 Å². The molecule has 1 aromatic carbocycles. The van der Waals surface area contributed by atoms with Gasteiger partial charge in [-0.2, -0.15) is 0 Å². The van der Waals surface area contributed by atoms with Gasteiger partial charge in [0.1, 0.15) is 6.54 Å². The Morgan fingerprint density at radius 2 is 1.91 bits per heavy atom. The minimum Gasteiger partial charge on any atom is -0.490 e. The lowest BCUT2D eigenvalue weighted by molar-refractivity contribution is -0.143. The van der Waals surface area contributed by atoms with Crippen LogP contribution in [-0.4, -0.2) is 72.8 Å². The predicted molar refractivity (Wildman–Crippen MR) is 121 cm³/mol. The summed E-state index contributed by atoms with van der Waals surface area (Å²) in [6.07, 6.45) is 3.43. The van der Waals surface area contributed by atoms with Crippen LogP contribution in [0.1, 0.15) is 25.3 Å². The highest BCUT2D eigenvalue weighted by Gasteiger charge is 2.37. The summed E-state index contributed by atoms with van der Waals surface area (Å²) in [7, 11) is 1.26. The maximum absolute atomic E-state index is 12.8. The smallest absolute Gasteiger partial charge is 0.343 e. The first-order valence-corrected chi connectivity index (χ1v) is 11.6. The van der Waals surface area contributed by atoms with Gasteiger partial charge in [-0.1, -0.05) is 0 Å². The highest BCUT2D eigenvalue weighted by Crippen LogP contribution is 2.39. The highest BCUT2D eigenvalue weighted by molar-refractivity contribution is 9.10. The van der Waals surface area contributed by atoms with Crippen molar-refractivity contribution in [3.05, 3.63) is 27.1 Å². The maximum atomic E-state index is 12.8. The monoisotopic (exact) mass is 526 g/mol. The Morgan fingerprint density at radius 1 is 1.19 bits per heavy atom. The van der Waals surface area contributed by atoms with Crippen LogP contribution in [0.3, 0.4) is 0 Å². The number of methoxy groups -OCH3 is 1. The summed E-state index contributed by atoms with van der Waals surface area (Å²) in [6, 6.07) is 3.32. The SMILES string of the molecule is CCOc1cc(/C=C2\SC(=O)N(CC(=O)N3CCCC3)C2=O)cc(Br)c1OCC(=O)OC. The molecule has 1 aromatic rings. The summed E-state index contributed by atoms with van der Waals surface area (Å²) in [6.45, 7) is 2.91. The molecule has 2 aliphatic rings. The molecule has 2 fully saturated rings. The van der Waals surface area contributed by atoms with E-state index in [-0.39, 0.29) is 24.0 Å². The second kappa shape index (κ2) is 10.9. The summed E-state index contributed by atoms with van der Waals surface area (Å²) < 4.78 is 16.2. The van der Waals surface area contributed by atoms with E-state index in [1.807, 2.05) is 0 Å². The first-order valence-electron chi connectivity index (χ1n) is 10.0. The third kappa shape index (κ3) is 5.63. The van der Waals surface area contributed by atoms with Crippen LogP contribution in [0.2, 0.25) is 0 Å². The molecule has 2 saturated heterocycles. The first-order chi connectivity index (χ1) is 15.3. The summed E-state index contributed by atoms with van der Waals surface area (Å²) >= 11 is 4.18. The fourth-order valence-electron chi connectivity index (χ4n) is 3.25. The Bertz CT molecular complexity index is 960. The van der Waals surface area contributed by atoms with E-state index in [0.29, 0.717) is 41.2 Å². The van der Waals surface area contributed by atoms with Crippen molar-refractivity contribution in [3.8, 4) is 11.5 Å². The van der Waals surface area contributed by atoms with E-state index in [4.69, 9.17) is 9.47 Å². The second-order valence-corrected chi connectivity index (χ2v) is 8.83. The quantitative estimate of drug-likeness (QED) is 0.376. The molecule has 3 rings (SSSR count). The lowest BCUT2D eigenvalue weighted by atomic mass is 10.2. The summed E-state index contributed by atoms with van der Waals surface area (Å²) in [5.74, 6) is -0.591. The number of nitrogens with zero attached hydrogens (tertiary/aromatic N) is 2. The molecule has 2 aliphatic heterocycles. The zero-order chi connectivity index (χ0) is 23.3. The molecule has 0 bridgehead atoms. The Labute approximate surface area is 198 Å². The molecule has 0 atom stereocenters. The number of thioether (sulfide) groups is 1. The Kier molecular flexibility index (Phi) is 8.19. The van der Waals surface area contributed by atoms with Crippen LogP contribution in [0.5, 0.6) is 11.5 Å². The number of benzene rings is 1. The standard InChI is InChI=1S/C21H23BrN2O7S/c1-3-30-15-9-13(8-14(22)19(15)31-12-18(26)29-2)10-16-20(27)24(21(28)32-16)11-17(25)23-6-4-5-7-23/h8-10H,3-7,11-12H2,1-2H3/b16-10-. The average Bonchev–Trinajstić information content (AvgIpc) is 3.38. The van der Waals surface area contributed by atoms with Crippen LogP contribution in [0.15, 0.2) is 21.5 Å². The summed E-state index contributed by atoms with van der Waals surface area (Å²) in [5.41, 5.74) is 0.585. The first kappa shape index (κ1) is 24.1. The number of halogens is 1. The molecule has 3 amide bonds. The molecule has 9 nitrogen and oxygen atoms in total. The van der Waals surface area contributed by atoms with Gasteiger partial charge in [-0.25, -0.2) is 4.79 Å². The Morgan fingerprint density at radius 3 is 2.56 bits per heavy atom. The lowest BCUT2D eigenvalue weighted by Gasteiger charge is -2.18. The number of likely N-dealkylation sites (tertiary alicyclic amines) is 1. The number of carbonyl (C=O) groups excluding carboxylic acids is 4. The van der Waals surface area contributed by atoms with Crippen LogP contribution in [0, 0.1) is 0 Å². The van der Waals surface area contributed by atoms with Crippen molar-refractivity contribution in [2.45, 2.75) is 19.8 Å². The normalized spacial score (nSPS) is 17.3. The van der Waals surface area contributed by atoms with Crippen molar-refractivity contribution in [3.63, 3.8) is 0 Å². The van der Waals surface area contributed by atoms with Crippen LogP contribution < -0.4 is 9.47 Å². The van der Waals surface area contributed by atoms with Crippen molar-refractivity contribution in [2.75, 3.05) is 40.0 Å². The van der Waals surface area contributed by atoms with Gasteiger partial charge in [-0.05, 0) is 71.2 Å². The van der Waals surface area contributed by atoms with Gasteiger partial charge in [0.05, 0.1) is 23.1 Å². The maximum Gasteiger partial charge on any atom is 0.343 e. The number of imide groups is 1. The fourth-order valence-corrected chi connectivity index (χ4v) is 4.67. The topological polar surface area (TPSA) is 102 Å². The molecule has 0 saturated carbocycles. The zero-order valence-electron chi connectivity index (χ0n) is 17.7. The largest absolute Gasteiger partial charge is 0.490 e. The van der Waals surface area contributed by atoms with E-state index >= 15 is 0 Å². The molecule has 2 heterocycles. The fraction of sp³-hybridized carbons (Fsp3) is 0.429. The Hall–Kier alpha value is -2.53. The van der Waals surface area contributed by atoms with Crippen LogP contribution in [0.25, 0.3) is 6.08 Å². The average molecular weight is 527 g/mol. The summed E-state index contributed by atoms with van der Waals surface area (Å²) in [4.78, 5) is 51.8. The van der Waals surface area contributed by atoms with E-state index in [1.54, 1.807) is 30.0 Å². The molecule has 11 heteroatoms. The van der Waals surface area contributed by atoms with E-state index < -0.39 is 17.1 Å². The van der Waals surface area contributed by atoms with Gasteiger partial charge in [0.15, 0.2) is 18.1 Å². The third-order valence-corrected chi connectivity index (χ3v) is 6.31. The van der Waals surface area contributed by atoms with Crippen molar-refractivity contribution < 1.29 is 33.4 Å². The van der Waals surface area contributed by atoms with Crippen LogP contribution in [0.4, 0.5) is 4.79 Å². The number of carbonyl (C=O) groups is 4. The number of hydrogen-bond acceptors (Lipinski definition) is 8. The predicted octanol–water partition coefficient (Wildman–Crippen LogP) is 3.06. The zero-order valence-corrected chi connectivity index (χ0v) is 20.1. The van der Waals surface area contributed by atoms with Gasteiger partial charge in [0, 0.05) is 13.1 Å². The van der Waals surface area contributed by atoms with Gasteiger partial charge < -0.3 is 19.1 Å². The summed E-state index contributed by atoms with van der Waals surface area (Å²) in [5, 5.41) is -0.476. The Balaban J connectivity index is 1.79. The molecule has 32 heavy (non-hydrogen) atoms. The highest BCUT2D eigenvalue weighted by atomic mass is 79.9. The number of hydrogen-bond donors (Lipinski definition) is 0. The van der Waals surface area contributed by atoms with Gasteiger partial charge in [0.25, 0.3) is 11.1 Å². The molecule has 172 valence electrons. The molecular weight excluding hydrogens is 504 g/mol. The number of ether oxygens (including phenoxy) is 3. The van der Waals surface area contributed by atoms with Gasteiger partial charge in [0.2, 0.25) is 5.91 Å². The minimum absolute atomic E-state index is 0.210.